The van der Waals surface area contributed by atoms with E-state index in [2.05, 4.69) is 32.3 Å². The Bertz CT molecular complexity index is 736. The summed E-state index contributed by atoms with van der Waals surface area (Å²) in [7, 11) is 0. The van der Waals surface area contributed by atoms with E-state index in [4.69, 9.17) is 16.9 Å². The summed E-state index contributed by atoms with van der Waals surface area (Å²) in [5.74, 6) is -0.387. The molecule has 1 amide bonds. The van der Waals surface area contributed by atoms with Gasteiger partial charge in [-0.15, -0.1) is 11.3 Å². The van der Waals surface area contributed by atoms with Crippen molar-refractivity contribution in [1.29, 1.82) is 5.26 Å². The van der Waals surface area contributed by atoms with Crippen molar-refractivity contribution in [2.24, 2.45) is 0 Å². The molecule has 0 aliphatic carbocycles. The van der Waals surface area contributed by atoms with Crippen LogP contribution in [-0.4, -0.2) is 10.9 Å². The Morgan fingerprint density at radius 3 is 2.90 bits per heavy atom. The molecule has 0 bridgehead atoms. The Hall–Kier alpha value is -1.42. The summed E-state index contributed by atoms with van der Waals surface area (Å²) in [6.07, 6.45) is 1.51. The molecule has 0 aliphatic heterocycles. The van der Waals surface area contributed by atoms with Crippen LogP contribution in [0.2, 0.25) is 5.15 Å². The number of hydrogen-bond acceptors (Lipinski definition) is 4. The van der Waals surface area contributed by atoms with Crippen molar-refractivity contribution >= 4 is 49.8 Å². The highest BCUT2D eigenvalue weighted by Crippen LogP contribution is 2.32. The van der Waals surface area contributed by atoms with Gasteiger partial charge >= 0.3 is 0 Å². The zero-order chi connectivity index (χ0) is 14.9. The zero-order valence-electron chi connectivity index (χ0n) is 10.6. The molecule has 0 saturated heterocycles. The van der Waals surface area contributed by atoms with E-state index in [1.807, 2.05) is 13.8 Å². The van der Waals surface area contributed by atoms with E-state index in [9.17, 15) is 4.79 Å². The van der Waals surface area contributed by atoms with Crippen molar-refractivity contribution in [1.82, 2.24) is 4.98 Å². The van der Waals surface area contributed by atoms with Crippen LogP contribution in [0.15, 0.2) is 16.7 Å². The summed E-state index contributed by atoms with van der Waals surface area (Å²) in [4.78, 5) is 17.1. The molecule has 0 aliphatic rings. The van der Waals surface area contributed by atoms with Crippen LogP contribution < -0.4 is 5.32 Å². The summed E-state index contributed by atoms with van der Waals surface area (Å²) in [6.45, 7) is 3.76. The number of anilines is 1. The summed E-state index contributed by atoms with van der Waals surface area (Å²) < 4.78 is 0.658. The van der Waals surface area contributed by atoms with E-state index < -0.39 is 0 Å². The van der Waals surface area contributed by atoms with Gasteiger partial charge in [-0.2, -0.15) is 5.26 Å². The maximum absolute atomic E-state index is 12.2. The molecule has 0 aromatic carbocycles. The highest BCUT2D eigenvalue weighted by atomic mass is 79.9. The Balaban J connectivity index is 2.36. The lowest BCUT2D eigenvalue weighted by Crippen LogP contribution is -2.13. The van der Waals surface area contributed by atoms with Gasteiger partial charge in [-0.3, -0.25) is 4.79 Å². The van der Waals surface area contributed by atoms with Crippen molar-refractivity contribution in [3.05, 3.63) is 43.5 Å². The molecule has 0 unspecified atom stereocenters. The van der Waals surface area contributed by atoms with Crippen LogP contribution in [0, 0.1) is 25.2 Å². The van der Waals surface area contributed by atoms with E-state index in [0.29, 0.717) is 15.0 Å². The molecule has 0 saturated carbocycles. The fourth-order valence-corrected chi connectivity index (χ4v) is 3.13. The largest absolute Gasteiger partial charge is 0.312 e. The van der Waals surface area contributed by atoms with Gasteiger partial charge in [0.05, 0.1) is 11.1 Å². The third kappa shape index (κ3) is 2.85. The second-order valence-corrected chi connectivity index (χ2v) is 6.54. The first-order valence-corrected chi connectivity index (χ1v) is 7.55. The summed E-state index contributed by atoms with van der Waals surface area (Å²) in [5.41, 5.74) is 1.62. The Morgan fingerprint density at radius 1 is 1.55 bits per heavy atom. The number of nitriles is 1. The molecule has 0 atom stereocenters. The number of thiophene rings is 1. The van der Waals surface area contributed by atoms with E-state index in [1.165, 1.54) is 17.5 Å². The Morgan fingerprint density at radius 2 is 2.25 bits per heavy atom. The monoisotopic (exact) mass is 369 g/mol. The first-order valence-electron chi connectivity index (χ1n) is 5.56. The number of nitrogens with one attached hydrogen (secondary N) is 1. The summed E-state index contributed by atoms with van der Waals surface area (Å²) in [6, 6.07) is 3.69. The number of rotatable bonds is 2. The maximum Gasteiger partial charge on any atom is 0.259 e. The average molecular weight is 371 g/mol. The first kappa shape index (κ1) is 15.0. The van der Waals surface area contributed by atoms with Crippen molar-refractivity contribution in [3.8, 4) is 6.07 Å². The minimum Gasteiger partial charge on any atom is -0.312 e. The van der Waals surface area contributed by atoms with Crippen LogP contribution in [0.5, 0.6) is 0 Å². The molecule has 0 fully saturated rings. The highest BCUT2D eigenvalue weighted by molar-refractivity contribution is 9.10. The zero-order valence-corrected chi connectivity index (χ0v) is 13.8. The molecule has 0 radical (unpaired) electrons. The fraction of sp³-hybridized carbons (Fsp3) is 0.154. The number of halogens is 2. The van der Waals surface area contributed by atoms with Crippen molar-refractivity contribution in [2.75, 3.05) is 5.32 Å². The number of hydrogen-bond donors (Lipinski definition) is 1. The minimum absolute atomic E-state index is 0.120. The topological polar surface area (TPSA) is 65.8 Å². The first-order chi connectivity index (χ1) is 9.43. The normalized spacial score (nSPS) is 10.2. The van der Waals surface area contributed by atoms with Gasteiger partial charge in [0.1, 0.15) is 16.2 Å². The number of carbonyl (C=O) groups is 1. The molecule has 20 heavy (non-hydrogen) atoms. The summed E-state index contributed by atoms with van der Waals surface area (Å²) in [5, 5.41) is 12.5. The lowest BCUT2D eigenvalue weighted by Gasteiger charge is -2.05. The molecule has 0 spiro atoms. The van der Waals surface area contributed by atoms with Crippen LogP contribution in [0.25, 0.3) is 0 Å². The van der Waals surface area contributed by atoms with Gasteiger partial charge in [0, 0.05) is 15.5 Å². The standard InChI is InChI=1S/C13H9BrClN3OS/c1-6-7(2)20-13(10(6)4-16)18-12(19)9-3-8(14)5-17-11(9)15/h3,5H,1-2H3,(H,18,19). The third-order valence-corrected chi connectivity index (χ3v) is 4.63. The van der Waals surface area contributed by atoms with Gasteiger partial charge in [-0.25, -0.2) is 4.98 Å². The number of aromatic nitrogens is 1. The number of carbonyl (C=O) groups excluding carboxylic acids is 1. The molecular weight excluding hydrogens is 362 g/mol. The Labute approximate surface area is 133 Å². The predicted molar refractivity (Wildman–Crippen MR) is 83.4 cm³/mol. The number of amides is 1. The molecular formula is C13H9BrClN3OS. The SMILES string of the molecule is Cc1sc(NC(=O)c2cc(Br)cnc2Cl)c(C#N)c1C. The van der Waals surface area contributed by atoms with E-state index in [1.54, 1.807) is 6.07 Å². The Kier molecular flexibility index (Phi) is 4.43. The van der Waals surface area contributed by atoms with Crippen molar-refractivity contribution < 1.29 is 4.79 Å². The fourth-order valence-electron chi connectivity index (χ4n) is 1.60. The second-order valence-electron chi connectivity index (χ2n) is 4.05. The second kappa shape index (κ2) is 5.92. The number of nitrogens with zero attached hydrogens (tertiary/aromatic N) is 2. The van der Waals surface area contributed by atoms with E-state index in [-0.39, 0.29) is 16.6 Å². The van der Waals surface area contributed by atoms with Crippen LogP contribution >= 0.6 is 38.9 Å². The molecule has 4 nitrogen and oxygen atoms in total. The maximum atomic E-state index is 12.2. The van der Waals surface area contributed by atoms with Crippen LogP contribution in [0.1, 0.15) is 26.4 Å². The number of pyridine rings is 1. The van der Waals surface area contributed by atoms with Gasteiger partial charge in [0.25, 0.3) is 5.91 Å². The summed E-state index contributed by atoms with van der Waals surface area (Å²) >= 11 is 10.5. The molecule has 2 rings (SSSR count). The average Bonchev–Trinajstić information content (AvgIpc) is 2.67. The van der Waals surface area contributed by atoms with Gasteiger partial charge in [-0.05, 0) is 41.4 Å². The van der Waals surface area contributed by atoms with Crippen molar-refractivity contribution in [3.63, 3.8) is 0 Å². The predicted octanol–water partition coefficient (Wildman–Crippen LogP) is 4.30. The van der Waals surface area contributed by atoms with E-state index in [0.717, 1.165) is 10.4 Å². The molecule has 1 N–H and O–H groups in total. The van der Waals surface area contributed by atoms with Gasteiger partial charge in [-0.1, -0.05) is 11.6 Å². The highest BCUT2D eigenvalue weighted by Gasteiger charge is 2.17. The van der Waals surface area contributed by atoms with Crippen LogP contribution in [0.3, 0.4) is 0 Å². The molecule has 2 aromatic rings. The van der Waals surface area contributed by atoms with Crippen LogP contribution in [-0.2, 0) is 0 Å². The lowest BCUT2D eigenvalue weighted by atomic mass is 10.2. The quantitative estimate of drug-likeness (QED) is 0.801. The van der Waals surface area contributed by atoms with Gasteiger partial charge in [0.2, 0.25) is 0 Å². The molecule has 2 aromatic heterocycles. The van der Waals surface area contributed by atoms with Gasteiger partial charge < -0.3 is 5.32 Å². The third-order valence-electron chi connectivity index (χ3n) is 2.77. The molecule has 2 heterocycles. The smallest absolute Gasteiger partial charge is 0.259 e. The molecule has 102 valence electrons. The van der Waals surface area contributed by atoms with Crippen LogP contribution in [0.4, 0.5) is 5.00 Å². The molecule has 7 heteroatoms. The van der Waals surface area contributed by atoms with E-state index >= 15 is 0 Å². The lowest BCUT2D eigenvalue weighted by molar-refractivity contribution is 0.102. The minimum atomic E-state index is -0.387. The van der Waals surface area contributed by atoms with Gasteiger partial charge in [0.15, 0.2) is 0 Å². The number of aryl methyl sites for hydroxylation is 1. The van der Waals surface area contributed by atoms with Crippen molar-refractivity contribution in [2.45, 2.75) is 13.8 Å².